The zero-order valence-corrected chi connectivity index (χ0v) is 17.3. The SMILES string of the molecule is O=C(NN=Cc1cc(Br)c(O)c(Br)c1)c1cc(C2CC2)nc2ccccc12. The Hall–Kier alpha value is -2.25. The van der Waals surface area contributed by atoms with Gasteiger partial charge in [0, 0.05) is 17.0 Å². The highest BCUT2D eigenvalue weighted by molar-refractivity contribution is 9.11. The van der Waals surface area contributed by atoms with Crippen molar-refractivity contribution in [3.05, 3.63) is 68.2 Å². The van der Waals surface area contributed by atoms with Gasteiger partial charge >= 0.3 is 0 Å². The molecule has 2 N–H and O–H groups in total. The molecule has 1 amide bonds. The fourth-order valence-electron chi connectivity index (χ4n) is 2.86. The normalized spacial score (nSPS) is 14.0. The standard InChI is InChI=1S/C20H15Br2N3O2/c21-15-7-11(8-16(22)19(15)26)10-23-25-20(27)14-9-18(12-5-6-12)24-17-4-2-1-3-13(14)17/h1-4,7-10,12,26H,5-6H2,(H,25,27). The summed E-state index contributed by atoms with van der Waals surface area (Å²) in [6, 6.07) is 12.9. The number of fused-ring (bicyclic) bond motifs is 1. The lowest BCUT2D eigenvalue weighted by Gasteiger charge is -2.08. The Morgan fingerprint density at radius 3 is 2.59 bits per heavy atom. The van der Waals surface area contributed by atoms with E-state index < -0.39 is 0 Å². The van der Waals surface area contributed by atoms with Crippen LogP contribution in [0.5, 0.6) is 5.75 Å². The molecule has 0 bridgehead atoms. The van der Waals surface area contributed by atoms with E-state index in [4.69, 9.17) is 0 Å². The van der Waals surface area contributed by atoms with E-state index in [1.807, 2.05) is 30.3 Å². The summed E-state index contributed by atoms with van der Waals surface area (Å²) < 4.78 is 1.08. The Bertz CT molecular complexity index is 1060. The van der Waals surface area contributed by atoms with Crippen molar-refractivity contribution in [1.29, 1.82) is 0 Å². The van der Waals surface area contributed by atoms with Crippen LogP contribution in [-0.2, 0) is 0 Å². The number of hydrogen-bond donors (Lipinski definition) is 2. The molecule has 4 rings (SSSR count). The van der Waals surface area contributed by atoms with Gasteiger partial charge in [-0.2, -0.15) is 5.10 Å². The average Bonchev–Trinajstić information content (AvgIpc) is 3.50. The fraction of sp³-hybridized carbons (Fsp3) is 0.150. The minimum Gasteiger partial charge on any atom is -0.506 e. The van der Waals surface area contributed by atoms with E-state index in [-0.39, 0.29) is 11.7 Å². The van der Waals surface area contributed by atoms with Crippen molar-refractivity contribution >= 4 is 54.9 Å². The molecule has 0 atom stereocenters. The lowest BCUT2D eigenvalue weighted by Crippen LogP contribution is -2.18. The molecule has 5 nitrogen and oxygen atoms in total. The predicted molar refractivity (Wildman–Crippen MR) is 112 cm³/mol. The Morgan fingerprint density at radius 1 is 1.19 bits per heavy atom. The van der Waals surface area contributed by atoms with E-state index in [2.05, 4.69) is 47.4 Å². The second-order valence-corrected chi connectivity index (χ2v) is 8.13. The van der Waals surface area contributed by atoms with Gasteiger partial charge in [-0.25, -0.2) is 5.43 Å². The molecule has 0 unspecified atom stereocenters. The highest BCUT2D eigenvalue weighted by atomic mass is 79.9. The summed E-state index contributed by atoms with van der Waals surface area (Å²) in [5.41, 5.74) is 5.68. The van der Waals surface area contributed by atoms with Gasteiger partial charge in [0.05, 0.1) is 26.2 Å². The Morgan fingerprint density at radius 2 is 1.89 bits per heavy atom. The van der Waals surface area contributed by atoms with Gasteiger partial charge in [0.1, 0.15) is 5.75 Å². The van der Waals surface area contributed by atoms with Crippen molar-refractivity contribution in [1.82, 2.24) is 10.4 Å². The third kappa shape index (κ3) is 3.89. The van der Waals surface area contributed by atoms with Gasteiger partial charge in [-0.3, -0.25) is 9.78 Å². The second kappa shape index (κ2) is 7.40. The summed E-state index contributed by atoms with van der Waals surface area (Å²) in [5, 5.41) is 14.6. The Kier molecular flexibility index (Phi) is 4.97. The number of amides is 1. The van der Waals surface area contributed by atoms with Crippen LogP contribution in [0.4, 0.5) is 0 Å². The molecule has 1 heterocycles. The molecule has 1 aromatic heterocycles. The van der Waals surface area contributed by atoms with Crippen molar-refractivity contribution in [3.63, 3.8) is 0 Å². The third-order valence-corrected chi connectivity index (χ3v) is 5.60. The highest BCUT2D eigenvalue weighted by Gasteiger charge is 2.26. The van der Waals surface area contributed by atoms with Crippen molar-refractivity contribution in [3.8, 4) is 5.75 Å². The van der Waals surface area contributed by atoms with Crippen LogP contribution in [0.25, 0.3) is 10.9 Å². The number of benzene rings is 2. The second-order valence-electron chi connectivity index (χ2n) is 6.42. The topological polar surface area (TPSA) is 74.6 Å². The summed E-state index contributed by atoms with van der Waals surface area (Å²) in [6.45, 7) is 0. The average molecular weight is 489 g/mol. The summed E-state index contributed by atoms with van der Waals surface area (Å²) in [5.74, 6) is 0.298. The molecular formula is C20H15Br2N3O2. The summed E-state index contributed by atoms with van der Waals surface area (Å²) in [7, 11) is 0. The van der Waals surface area contributed by atoms with Gasteiger partial charge in [0.15, 0.2) is 0 Å². The number of nitrogens with one attached hydrogen (secondary N) is 1. The summed E-state index contributed by atoms with van der Waals surface area (Å²) in [4.78, 5) is 17.4. The minimum absolute atomic E-state index is 0.118. The van der Waals surface area contributed by atoms with E-state index in [0.29, 0.717) is 20.4 Å². The molecule has 1 saturated carbocycles. The van der Waals surface area contributed by atoms with Crippen LogP contribution < -0.4 is 5.43 Å². The summed E-state index contributed by atoms with van der Waals surface area (Å²) in [6.07, 6.45) is 3.77. The molecule has 0 saturated heterocycles. The highest BCUT2D eigenvalue weighted by Crippen LogP contribution is 2.40. The molecule has 1 aliphatic carbocycles. The van der Waals surface area contributed by atoms with Crippen LogP contribution >= 0.6 is 31.9 Å². The van der Waals surface area contributed by atoms with Crippen LogP contribution in [0.2, 0.25) is 0 Å². The fourth-order valence-corrected chi connectivity index (χ4v) is 4.08. The number of hydrogen-bond acceptors (Lipinski definition) is 4. The number of nitrogens with zero attached hydrogens (tertiary/aromatic N) is 2. The number of hydrazone groups is 1. The first-order chi connectivity index (χ1) is 13.0. The largest absolute Gasteiger partial charge is 0.506 e. The Balaban J connectivity index is 1.60. The quantitative estimate of drug-likeness (QED) is 0.396. The van der Waals surface area contributed by atoms with Crippen molar-refractivity contribution in [2.45, 2.75) is 18.8 Å². The molecule has 2 aromatic carbocycles. The molecule has 0 spiro atoms. The third-order valence-electron chi connectivity index (χ3n) is 4.40. The van der Waals surface area contributed by atoms with Crippen molar-refractivity contribution < 1.29 is 9.90 Å². The molecule has 27 heavy (non-hydrogen) atoms. The number of aromatic hydroxyl groups is 1. The number of aromatic nitrogens is 1. The molecule has 0 aliphatic heterocycles. The van der Waals surface area contributed by atoms with Gasteiger partial charge < -0.3 is 5.11 Å². The maximum atomic E-state index is 12.7. The molecule has 3 aromatic rings. The lowest BCUT2D eigenvalue weighted by atomic mass is 10.1. The number of carbonyl (C=O) groups excluding carboxylic acids is 1. The van der Waals surface area contributed by atoms with Gasteiger partial charge in [0.2, 0.25) is 0 Å². The molecule has 1 aliphatic rings. The number of pyridine rings is 1. The zero-order chi connectivity index (χ0) is 19.0. The number of phenols is 1. The molecule has 1 fully saturated rings. The maximum Gasteiger partial charge on any atom is 0.272 e. The van der Waals surface area contributed by atoms with Crippen LogP contribution in [0.15, 0.2) is 56.5 Å². The van der Waals surface area contributed by atoms with E-state index in [1.54, 1.807) is 12.1 Å². The molecule has 7 heteroatoms. The molecular weight excluding hydrogens is 474 g/mol. The van der Waals surface area contributed by atoms with Gasteiger partial charge in [-0.05, 0) is 74.5 Å². The number of phenolic OH excluding ortho intramolecular Hbond substituents is 1. The van der Waals surface area contributed by atoms with Crippen LogP contribution in [0.3, 0.4) is 0 Å². The summed E-state index contributed by atoms with van der Waals surface area (Å²) >= 11 is 6.55. The lowest BCUT2D eigenvalue weighted by molar-refractivity contribution is 0.0956. The number of carbonyl (C=O) groups is 1. The maximum absolute atomic E-state index is 12.7. The van der Waals surface area contributed by atoms with Crippen LogP contribution in [0.1, 0.15) is 40.4 Å². The van der Waals surface area contributed by atoms with E-state index in [1.165, 1.54) is 6.21 Å². The minimum atomic E-state index is -0.274. The first kappa shape index (κ1) is 18.1. The molecule has 136 valence electrons. The van der Waals surface area contributed by atoms with E-state index >= 15 is 0 Å². The van der Waals surface area contributed by atoms with Gasteiger partial charge in [-0.1, -0.05) is 18.2 Å². The monoisotopic (exact) mass is 487 g/mol. The number of rotatable bonds is 4. The first-order valence-electron chi connectivity index (χ1n) is 8.44. The van der Waals surface area contributed by atoms with Gasteiger partial charge in [-0.15, -0.1) is 0 Å². The number of halogens is 2. The van der Waals surface area contributed by atoms with Crippen LogP contribution in [-0.4, -0.2) is 22.2 Å². The zero-order valence-electron chi connectivity index (χ0n) is 14.1. The van der Waals surface area contributed by atoms with E-state index in [0.717, 1.165) is 35.0 Å². The van der Waals surface area contributed by atoms with Crippen LogP contribution in [0, 0.1) is 0 Å². The molecule has 0 radical (unpaired) electrons. The van der Waals surface area contributed by atoms with Gasteiger partial charge in [0.25, 0.3) is 5.91 Å². The predicted octanol–water partition coefficient (Wildman–Crippen LogP) is 5.11. The Labute approximate surface area is 172 Å². The van der Waals surface area contributed by atoms with E-state index in [9.17, 15) is 9.90 Å². The first-order valence-corrected chi connectivity index (χ1v) is 10.0. The number of para-hydroxylation sites is 1. The smallest absolute Gasteiger partial charge is 0.272 e. The van der Waals surface area contributed by atoms with Crippen molar-refractivity contribution in [2.75, 3.05) is 0 Å². The van der Waals surface area contributed by atoms with Crippen molar-refractivity contribution in [2.24, 2.45) is 5.10 Å².